The molecule has 0 radical (unpaired) electrons. The molecule has 136 valence electrons. The molecule has 24 heavy (non-hydrogen) atoms. The summed E-state index contributed by atoms with van der Waals surface area (Å²) in [5.41, 5.74) is 1.45. The van der Waals surface area contributed by atoms with E-state index in [1.54, 1.807) is 26.1 Å². The van der Waals surface area contributed by atoms with Crippen LogP contribution in [0.4, 0.5) is 13.2 Å². The molecule has 0 aromatic heterocycles. The van der Waals surface area contributed by atoms with Gasteiger partial charge in [-0.1, -0.05) is 12.1 Å². The van der Waals surface area contributed by atoms with Crippen LogP contribution < -0.4 is 15.4 Å². The molecule has 0 heterocycles. The number of hydrogen-bond acceptors (Lipinski definition) is 3. The molecule has 0 aliphatic heterocycles. The second-order valence-electron chi connectivity index (χ2n) is 5.06. The Morgan fingerprint density at radius 2 is 2.00 bits per heavy atom. The first-order valence-electron chi connectivity index (χ1n) is 7.67. The standard InChI is InChI=1S/C16H24F3N3O2/c1-4-23-8-7-21-15(20-3)22-10-13-6-5-12(2)9-14(13)24-11-16(17,18)19/h5-6,9H,4,7-8,10-11H2,1-3H3,(H2,20,21,22). The minimum absolute atomic E-state index is 0.213. The van der Waals surface area contributed by atoms with Crippen LogP contribution in [0.3, 0.4) is 0 Å². The lowest BCUT2D eigenvalue weighted by Crippen LogP contribution is -2.38. The van der Waals surface area contributed by atoms with Gasteiger partial charge in [-0.2, -0.15) is 13.2 Å². The van der Waals surface area contributed by atoms with Crippen molar-refractivity contribution in [2.75, 3.05) is 33.4 Å². The average molecular weight is 347 g/mol. The summed E-state index contributed by atoms with van der Waals surface area (Å²) in [5, 5.41) is 6.10. The highest BCUT2D eigenvalue weighted by Crippen LogP contribution is 2.23. The fourth-order valence-electron chi connectivity index (χ4n) is 1.89. The molecular weight excluding hydrogens is 323 g/mol. The van der Waals surface area contributed by atoms with Gasteiger partial charge in [-0.15, -0.1) is 0 Å². The molecule has 0 amide bonds. The molecule has 0 bridgehead atoms. The lowest BCUT2D eigenvalue weighted by Gasteiger charge is -2.16. The van der Waals surface area contributed by atoms with Crippen molar-refractivity contribution < 1.29 is 22.6 Å². The lowest BCUT2D eigenvalue weighted by atomic mass is 10.1. The third kappa shape index (κ3) is 8.05. The minimum Gasteiger partial charge on any atom is -0.484 e. The van der Waals surface area contributed by atoms with Crippen molar-refractivity contribution in [2.24, 2.45) is 4.99 Å². The summed E-state index contributed by atoms with van der Waals surface area (Å²) in [7, 11) is 1.62. The molecule has 0 aliphatic rings. The number of nitrogens with one attached hydrogen (secondary N) is 2. The molecule has 0 atom stereocenters. The van der Waals surface area contributed by atoms with Gasteiger partial charge in [0.25, 0.3) is 0 Å². The number of guanidine groups is 1. The summed E-state index contributed by atoms with van der Waals surface area (Å²) >= 11 is 0. The highest BCUT2D eigenvalue weighted by atomic mass is 19.4. The topological polar surface area (TPSA) is 54.9 Å². The molecule has 1 aromatic carbocycles. The molecule has 0 unspecified atom stereocenters. The number of alkyl halides is 3. The smallest absolute Gasteiger partial charge is 0.422 e. The summed E-state index contributed by atoms with van der Waals surface area (Å²) < 4.78 is 47.2. The zero-order valence-corrected chi connectivity index (χ0v) is 14.2. The highest BCUT2D eigenvalue weighted by molar-refractivity contribution is 5.79. The number of ether oxygens (including phenoxy) is 2. The SMILES string of the molecule is CCOCCNC(=NC)NCc1ccc(C)cc1OCC(F)(F)F. The number of benzene rings is 1. The van der Waals surface area contributed by atoms with E-state index in [4.69, 9.17) is 9.47 Å². The maximum atomic E-state index is 12.4. The summed E-state index contributed by atoms with van der Waals surface area (Å²) in [6.07, 6.45) is -4.37. The van der Waals surface area contributed by atoms with E-state index >= 15 is 0 Å². The Morgan fingerprint density at radius 3 is 2.62 bits per heavy atom. The van der Waals surface area contributed by atoms with Crippen LogP contribution >= 0.6 is 0 Å². The van der Waals surface area contributed by atoms with Crippen LogP contribution in [0.1, 0.15) is 18.1 Å². The lowest BCUT2D eigenvalue weighted by molar-refractivity contribution is -0.153. The number of aryl methyl sites for hydroxylation is 1. The van der Waals surface area contributed by atoms with Crippen LogP contribution in [0.25, 0.3) is 0 Å². The first kappa shape index (κ1) is 20.1. The van der Waals surface area contributed by atoms with Crippen LogP contribution in [0.2, 0.25) is 0 Å². The molecule has 5 nitrogen and oxygen atoms in total. The van der Waals surface area contributed by atoms with E-state index in [1.807, 2.05) is 13.0 Å². The minimum atomic E-state index is -4.37. The van der Waals surface area contributed by atoms with Crippen LogP contribution in [-0.2, 0) is 11.3 Å². The van der Waals surface area contributed by atoms with E-state index in [2.05, 4.69) is 15.6 Å². The van der Waals surface area contributed by atoms with Gasteiger partial charge in [0.05, 0.1) is 6.61 Å². The summed E-state index contributed by atoms with van der Waals surface area (Å²) in [5.74, 6) is 0.752. The van der Waals surface area contributed by atoms with E-state index in [0.29, 0.717) is 37.8 Å². The fourth-order valence-corrected chi connectivity index (χ4v) is 1.89. The van der Waals surface area contributed by atoms with Crippen molar-refractivity contribution in [1.29, 1.82) is 0 Å². The zero-order chi connectivity index (χ0) is 18.0. The van der Waals surface area contributed by atoms with Gasteiger partial charge in [-0.05, 0) is 25.5 Å². The predicted molar refractivity (Wildman–Crippen MR) is 87.4 cm³/mol. The maximum absolute atomic E-state index is 12.4. The molecule has 1 aromatic rings. The first-order chi connectivity index (χ1) is 11.4. The molecular formula is C16H24F3N3O2. The molecule has 8 heteroatoms. The van der Waals surface area contributed by atoms with E-state index in [0.717, 1.165) is 5.56 Å². The quantitative estimate of drug-likeness (QED) is 0.431. The molecule has 0 aliphatic carbocycles. The van der Waals surface area contributed by atoms with Gasteiger partial charge in [0.15, 0.2) is 12.6 Å². The highest BCUT2D eigenvalue weighted by Gasteiger charge is 2.28. The van der Waals surface area contributed by atoms with Gasteiger partial charge in [0.2, 0.25) is 0 Å². The van der Waals surface area contributed by atoms with Crippen molar-refractivity contribution in [2.45, 2.75) is 26.6 Å². The molecule has 0 fully saturated rings. The Kier molecular flexibility index (Phi) is 8.39. The van der Waals surface area contributed by atoms with Gasteiger partial charge in [-0.3, -0.25) is 4.99 Å². The second-order valence-corrected chi connectivity index (χ2v) is 5.06. The Morgan fingerprint density at radius 1 is 1.25 bits per heavy atom. The van der Waals surface area contributed by atoms with Gasteiger partial charge < -0.3 is 20.1 Å². The summed E-state index contributed by atoms with van der Waals surface area (Å²) in [6.45, 7) is 4.45. The Balaban J connectivity index is 2.62. The van der Waals surface area contributed by atoms with Crippen LogP contribution in [0.15, 0.2) is 23.2 Å². The van der Waals surface area contributed by atoms with Crippen LogP contribution in [-0.4, -0.2) is 45.5 Å². The number of aliphatic imine (C=N–C) groups is 1. The Hall–Kier alpha value is -1.96. The second kappa shape index (κ2) is 10.0. The fraction of sp³-hybridized carbons (Fsp3) is 0.562. The summed E-state index contributed by atoms with van der Waals surface area (Å²) in [6, 6.07) is 5.15. The normalized spacial score (nSPS) is 12.2. The maximum Gasteiger partial charge on any atom is 0.422 e. The number of hydrogen-bond donors (Lipinski definition) is 2. The molecule has 0 saturated carbocycles. The van der Waals surface area contributed by atoms with E-state index in [9.17, 15) is 13.2 Å². The molecule has 2 N–H and O–H groups in total. The number of rotatable bonds is 8. The first-order valence-corrected chi connectivity index (χ1v) is 7.67. The molecule has 0 saturated heterocycles. The third-order valence-corrected chi connectivity index (χ3v) is 3.03. The predicted octanol–water partition coefficient (Wildman–Crippen LogP) is 2.64. The van der Waals surface area contributed by atoms with Crippen molar-refractivity contribution in [3.05, 3.63) is 29.3 Å². The van der Waals surface area contributed by atoms with Crippen molar-refractivity contribution in [3.63, 3.8) is 0 Å². The Bertz CT molecular complexity index is 534. The number of halogens is 3. The van der Waals surface area contributed by atoms with E-state index < -0.39 is 12.8 Å². The van der Waals surface area contributed by atoms with E-state index in [1.165, 1.54) is 0 Å². The largest absolute Gasteiger partial charge is 0.484 e. The Labute approximate surface area is 140 Å². The summed E-state index contributed by atoms with van der Waals surface area (Å²) in [4.78, 5) is 4.05. The molecule has 0 spiro atoms. The number of nitrogens with zero attached hydrogens (tertiary/aromatic N) is 1. The monoisotopic (exact) mass is 347 g/mol. The molecule has 1 rings (SSSR count). The van der Waals surface area contributed by atoms with Crippen LogP contribution in [0, 0.1) is 6.92 Å². The van der Waals surface area contributed by atoms with Gasteiger partial charge >= 0.3 is 6.18 Å². The van der Waals surface area contributed by atoms with E-state index in [-0.39, 0.29) is 5.75 Å². The van der Waals surface area contributed by atoms with Crippen LogP contribution in [0.5, 0.6) is 5.75 Å². The van der Waals surface area contributed by atoms with Gasteiger partial charge in [0, 0.05) is 32.3 Å². The third-order valence-electron chi connectivity index (χ3n) is 3.03. The van der Waals surface area contributed by atoms with Gasteiger partial charge in [0.1, 0.15) is 5.75 Å². The van der Waals surface area contributed by atoms with Crippen molar-refractivity contribution in [1.82, 2.24) is 10.6 Å². The average Bonchev–Trinajstić information content (AvgIpc) is 2.53. The zero-order valence-electron chi connectivity index (χ0n) is 14.2. The van der Waals surface area contributed by atoms with Gasteiger partial charge in [-0.25, -0.2) is 0 Å². The van der Waals surface area contributed by atoms with Crippen molar-refractivity contribution in [3.8, 4) is 5.75 Å². The van der Waals surface area contributed by atoms with Crippen molar-refractivity contribution >= 4 is 5.96 Å².